The van der Waals surface area contributed by atoms with Crippen molar-refractivity contribution < 1.29 is 9.53 Å². The van der Waals surface area contributed by atoms with E-state index in [2.05, 4.69) is 22.1 Å². The number of aryl methyl sites for hydroxylation is 1. The lowest BCUT2D eigenvalue weighted by Crippen LogP contribution is -2.48. The van der Waals surface area contributed by atoms with Crippen molar-refractivity contribution >= 4 is 5.91 Å². The Labute approximate surface area is 149 Å². The van der Waals surface area contributed by atoms with Gasteiger partial charge in [-0.15, -0.1) is 0 Å². The van der Waals surface area contributed by atoms with Gasteiger partial charge in [-0.05, 0) is 31.5 Å². The maximum absolute atomic E-state index is 12.6. The van der Waals surface area contributed by atoms with E-state index in [4.69, 9.17) is 4.74 Å². The average molecular weight is 342 g/mol. The second-order valence-electron chi connectivity index (χ2n) is 6.41. The second-order valence-corrected chi connectivity index (χ2v) is 6.41. The van der Waals surface area contributed by atoms with Gasteiger partial charge in [0.05, 0.1) is 18.4 Å². The highest BCUT2D eigenvalue weighted by molar-refractivity contribution is 5.95. The van der Waals surface area contributed by atoms with Crippen LogP contribution in [0.25, 0.3) is 0 Å². The number of nitrogens with zero attached hydrogens (tertiary/aromatic N) is 4. The Morgan fingerprint density at radius 2 is 1.84 bits per heavy atom. The lowest BCUT2D eigenvalue weighted by molar-refractivity contribution is 0.0627. The average Bonchev–Trinajstić information content (AvgIpc) is 2.96. The molecule has 25 heavy (non-hydrogen) atoms. The number of benzene rings is 1. The third-order valence-corrected chi connectivity index (χ3v) is 4.77. The van der Waals surface area contributed by atoms with Crippen LogP contribution in [0.4, 0.5) is 0 Å². The molecule has 0 aliphatic carbocycles. The molecule has 0 spiro atoms. The first-order chi connectivity index (χ1) is 12.1. The van der Waals surface area contributed by atoms with E-state index in [1.54, 1.807) is 10.9 Å². The lowest BCUT2D eigenvalue weighted by atomic mass is 10.1. The number of ether oxygens (including phenoxy) is 1. The van der Waals surface area contributed by atoms with Gasteiger partial charge in [0, 0.05) is 45.5 Å². The standard InChI is InChI=1S/C19H26N4O2/c1-4-25-17-7-5-16(6-8-17)14-22-9-11-23(12-10-22)19(24)18-13-20-21(3)15(18)2/h5-8,13H,4,9-12,14H2,1-3H3. The zero-order valence-corrected chi connectivity index (χ0v) is 15.2. The van der Waals surface area contributed by atoms with Gasteiger partial charge in [-0.1, -0.05) is 12.1 Å². The Hall–Kier alpha value is -2.34. The Bertz CT molecular complexity index is 716. The van der Waals surface area contributed by atoms with Gasteiger partial charge in [0.25, 0.3) is 5.91 Å². The fourth-order valence-electron chi connectivity index (χ4n) is 3.10. The smallest absolute Gasteiger partial charge is 0.257 e. The highest BCUT2D eigenvalue weighted by atomic mass is 16.5. The van der Waals surface area contributed by atoms with E-state index in [0.29, 0.717) is 12.2 Å². The molecular weight excluding hydrogens is 316 g/mol. The summed E-state index contributed by atoms with van der Waals surface area (Å²) < 4.78 is 7.23. The van der Waals surface area contributed by atoms with Crippen molar-refractivity contribution in [2.75, 3.05) is 32.8 Å². The molecular formula is C19H26N4O2. The van der Waals surface area contributed by atoms with Gasteiger partial charge >= 0.3 is 0 Å². The van der Waals surface area contributed by atoms with Gasteiger partial charge in [0.15, 0.2) is 0 Å². The maximum atomic E-state index is 12.6. The van der Waals surface area contributed by atoms with Crippen molar-refractivity contribution in [1.29, 1.82) is 0 Å². The summed E-state index contributed by atoms with van der Waals surface area (Å²) >= 11 is 0. The molecule has 1 aromatic carbocycles. The number of hydrogen-bond acceptors (Lipinski definition) is 4. The third kappa shape index (κ3) is 4.02. The molecule has 1 saturated heterocycles. The minimum atomic E-state index is 0.0892. The van der Waals surface area contributed by atoms with E-state index in [9.17, 15) is 4.79 Å². The molecule has 1 aliphatic rings. The maximum Gasteiger partial charge on any atom is 0.257 e. The van der Waals surface area contributed by atoms with Crippen molar-refractivity contribution in [3.05, 3.63) is 47.3 Å². The Kier molecular flexibility index (Phi) is 5.38. The molecule has 0 N–H and O–H groups in total. The predicted octanol–water partition coefficient (Wildman–Crippen LogP) is 2.09. The van der Waals surface area contributed by atoms with E-state index < -0.39 is 0 Å². The largest absolute Gasteiger partial charge is 0.494 e. The number of rotatable bonds is 5. The normalized spacial score (nSPS) is 15.4. The summed E-state index contributed by atoms with van der Waals surface area (Å²) in [4.78, 5) is 17.0. The van der Waals surface area contributed by atoms with Gasteiger partial charge in [-0.25, -0.2) is 0 Å². The van der Waals surface area contributed by atoms with Crippen LogP contribution in [0.15, 0.2) is 30.5 Å². The Balaban J connectivity index is 1.53. The van der Waals surface area contributed by atoms with Crippen molar-refractivity contribution in [1.82, 2.24) is 19.6 Å². The molecule has 2 aromatic rings. The number of carbonyl (C=O) groups excluding carboxylic acids is 1. The van der Waals surface area contributed by atoms with Crippen molar-refractivity contribution in [3.8, 4) is 5.75 Å². The topological polar surface area (TPSA) is 50.6 Å². The molecule has 3 rings (SSSR count). The third-order valence-electron chi connectivity index (χ3n) is 4.77. The summed E-state index contributed by atoms with van der Waals surface area (Å²) in [6.07, 6.45) is 1.67. The van der Waals surface area contributed by atoms with Crippen molar-refractivity contribution in [2.45, 2.75) is 20.4 Å². The molecule has 1 aliphatic heterocycles. The highest BCUT2D eigenvalue weighted by Crippen LogP contribution is 2.16. The summed E-state index contributed by atoms with van der Waals surface area (Å²) in [7, 11) is 1.86. The summed E-state index contributed by atoms with van der Waals surface area (Å²) in [6, 6.07) is 8.26. The van der Waals surface area contributed by atoms with E-state index in [0.717, 1.165) is 44.2 Å². The fourth-order valence-corrected chi connectivity index (χ4v) is 3.10. The monoisotopic (exact) mass is 342 g/mol. The number of carbonyl (C=O) groups is 1. The SMILES string of the molecule is CCOc1ccc(CN2CCN(C(=O)c3cnn(C)c3C)CC2)cc1. The first-order valence-corrected chi connectivity index (χ1v) is 8.80. The van der Waals surface area contributed by atoms with E-state index in [-0.39, 0.29) is 5.91 Å². The van der Waals surface area contributed by atoms with Crippen LogP contribution in [-0.4, -0.2) is 58.3 Å². The predicted molar refractivity (Wildman–Crippen MR) is 96.7 cm³/mol. The van der Waals surface area contributed by atoms with Crippen LogP contribution < -0.4 is 4.74 Å². The minimum absolute atomic E-state index is 0.0892. The molecule has 0 atom stereocenters. The van der Waals surface area contributed by atoms with E-state index >= 15 is 0 Å². The molecule has 0 saturated carbocycles. The summed E-state index contributed by atoms with van der Waals surface area (Å²) in [5.74, 6) is 1.000. The number of piperazine rings is 1. The Morgan fingerprint density at radius 1 is 1.16 bits per heavy atom. The van der Waals surface area contributed by atoms with Crippen molar-refractivity contribution in [3.63, 3.8) is 0 Å². The molecule has 6 heteroatoms. The summed E-state index contributed by atoms with van der Waals surface area (Å²) in [5.41, 5.74) is 2.90. The first-order valence-electron chi connectivity index (χ1n) is 8.80. The van der Waals surface area contributed by atoms with Crippen LogP contribution in [0, 0.1) is 6.92 Å². The highest BCUT2D eigenvalue weighted by Gasteiger charge is 2.24. The van der Waals surface area contributed by atoms with E-state index in [1.807, 2.05) is 37.9 Å². The minimum Gasteiger partial charge on any atom is -0.494 e. The number of aromatic nitrogens is 2. The molecule has 2 heterocycles. The molecule has 1 amide bonds. The Morgan fingerprint density at radius 3 is 2.40 bits per heavy atom. The van der Waals surface area contributed by atoms with Crippen LogP contribution >= 0.6 is 0 Å². The fraction of sp³-hybridized carbons (Fsp3) is 0.474. The van der Waals surface area contributed by atoms with Gasteiger partial charge in [-0.3, -0.25) is 14.4 Å². The van der Waals surface area contributed by atoms with Crippen LogP contribution in [0.3, 0.4) is 0 Å². The molecule has 6 nitrogen and oxygen atoms in total. The summed E-state index contributed by atoms with van der Waals surface area (Å²) in [6.45, 7) is 8.79. The van der Waals surface area contributed by atoms with Gasteiger partial charge in [0.1, 0.15) is 5.75 Å². The second kappa shape index (κ2) is 7.70. The van der Waals surface area contributed by atoms with Crippen LogP contribution in [0.1, 0.15) is 28.5 Å². The molecule has 134 valence electrons. The molecule has 0 unspecified atom stereocenters. The van der Waals surface area contributed by atoms with E-state index in [1.165, 1.54) is 5.56 Å². The molecule has 1 aromatic heterocycles. The number of hydrogen-bond donors (Lipinski definition) is 0. The quantitative estimate of drug-likeness (QED) is 0.835. The first kappa shape index (κ1) is 17.5. The lowest BCUT2D eigenvalue weighted by Gasteiger charge is -2.34. The molecule has 0 bridgehead atoms. The molecule has 1 fully saturated rings. The van der Waals surface area contributed by atoms with Crippen LogP contribution in [-0.2, 0) is 13.6 Å². The molecule has 0 radical (unpaired) electrons. The van der Waals surface area contributed by atoms with Crippen LogP contribution in [0.5, 0.6) is 5.75 Å². The van der Waals surface area contributed by atoms with Crippen molar-refractivity contribution in [2.24, 2.45) is 7.05 Å². The number of amides is 1. The summed E-state index contributed by atoms with van der Waals surface area (Å²) in [5, 5.41) is 4.17. The zero-order chi connectivity index (χ0) is 17.8. The van der Waals surface area contributed by atoms with Gasteiger partial charge < -0.3 is 9.64 Å². The van der Waals surface area contributed by atoms with Crippen LogP contribution in [0.2, 0.25) is 0 Å². The zero-order valence-electron chi connectivity index (χ0n) is 15.2. The van der Waals surface area contributed by atoms with Gasteiger partial charge in [-0.2, -0.15) is 5.10 Å². The van der Waals surface area contributed by atoms with Gasteiger partial charge in [0.2, 0.25) is 0 Å².